The van der Waals surface area contributed by atoms with Crippen molar-refractivity contribution in [2.75, 3.05) is 11.9 Å². The van der Waals surface area contributed by atoms with Gasteiger partial charge in [0.1, 0.15) is 5.75 Å². The number of halogens is 2. The van der Waals surface area contributed by atoms with Gasteiger partial charge in [0.25, 0.3) is 0 Å². The van der Waals surface area contributed by atoms with E-state index in [1.807, 2.05) is 0 Å². The SMILES string of the molecule is O=S(=O)(F)c1ccc(OCCCBr)cc1. The van der Waals surface area contributed by atoms with E-state index in [4.69, 9.17) is 4.74 Å². The normalized spacial score (nSPS) is 11.3. The van der Waals surface area contributed by atoms with Crippen molar-refractivity contribution in [3.05, 3.63) is 24.3 Å². The molecular formula is C9H10BrFO3S. The summed E-state index contributed by atoms with van der Waals surface area (Å²) in [6.07, 6.45) is 0.850. The molecule has 1 aromatic rings. The van der Waals surface area contributed by atoms with Gasteiger partial charge in [-0.25, -0.2) is 0 Å². The first-order valence-electron chi connectivity index (χ1n) is 4.27. The Hall–Kier alpha value is -0.620. The lowest BCUT2D eigenvalue weighted by atomic mass is 10.3. The summed E-state index contributed by atoms with van der Waals surface area (Å²) < 4.78 is 38.7. The molecule has 1 rings (SSSR count). The smallest absolute Gasteiger partial charge is 0.332 e. The highest BCUT2D eigenvalue weighted by molar-refractivity contribution is 9.09. The molecule has 0 aliphatic carbocycles. The molecule has 0 saturated heterocycles. The molecule has 0 aliphatic rings. The molecule has 0 atom stereocenters. The zero-order valence-corrected chi connectivity index (χ0v) is 10.2. The van der Waals surface area contributed by atoms with Gasteiger partial charge in [0.05, 0.1) is 11.5 Å². The second-order valence-electron chi connectivity index (χ2n) is 2.80. The van der Waals surface area contributed by atoms with Crippen LogP contribution in [0.4, 0.5) is 3.89 Å². The number of benzene rings is 1. The Kier molecular flexibility index (Phi) is 4.53. The van der Waals surface area contributed by atoms with Crippen LogP contribution in [0.15, 0.2) is 29.2 Å². The van der Waals surface area contributed by atoms with Gasteiger partial charge in [-0.1, -0.05) is 15.9 Å². The Bertz CT molecular complexity index is 402. The van der Waals surface area contributed by atoms with E-state index in [0.29, 0.717) is 12.4 Å². The molecule has 3 nitrogen and oxygen atoms in total. The van der Waals surface area contributed by atoms with Crippen molar-refractivity contribution in [1.82, 2.24) is 0 Å². The number of rotatable bonds is 5. The highest BCUT2D eigenvalue weighted by Gasteiger charge is 2.10. The number of ether oxygens (including phenoxy) is 1. The minimum Gasteiger partial charge on any atom is -0.494 e. The second-order valence-corrected chi connectivity index (χ2v) is 4.94. The van der Waals surface area contributed by atoms with Gasteiger partial charge < -0.3 is 4.74 Å². The van der Waals surface area contributed by atoms with Crippen molar-refractivity contribution in [2.45, 2.75) is 11.3 Å². The molecule has 84 valence electrons. The lowest BCUT2D eigenvalue weighted by molar-refractivity contribution is 0.319. The van der Waals surface area contributed by atoms with E-state index < -0.39 is 10.2 Å². The molecular weight excluding hydrogens is 287 g/mol. The van der Waals surface area contributed by atoms with Crippen LogP contribution in [0.3, 0.4) is 0 Å². The minimum atomic E-state index is -4.61. The van der Waals surface area contributed by atoms with Gasteiger partial charge in [-0.15, -0.1) is 3.89 Å². The van der Waals surface area contributed by atoms with Gasteiger partial charge in [0.2, 0.25) is 0 Å². The molecule has 0 unspecified atom stereocenters. The fourth-order valence-electron chi connectivity index (χ4n) is 0.943. The third-order valence-corrected chi connectivity index (χ3v) is 3.05. The molecule has 0 aliphatic heterocycles. The summed E-state index contributed by atoms with van der Waals surface area (Å²) >= 11 is 3.25. The molecule has 15 heavy (non-hydrogen) atoms. The molecule has 0 heterocycles. The van der Waals surface area contributed by atoms with E-state index in [2.05, 4.69) is 15.9 Å². The van der Waals surface area contributed by atoms with E-state index >= 15 is 0 Å². The summed E-state index contributed by atoms with van der Waals surface area (Å²) in [7, 11) is -4.61. The van der Waals surface area contributed by atoms with Crippen LogP contribution in [0.2, 0.25) is 0 Å². The Morgan fingerprint density at radius 3 is 2.33 bits per heavy atom. The maximum Gasteiger partial charge on any atom is 0.332 e. The second kappa shape index (κ2) is 5.46. The molecule has 6 heteroatoms. The van der Waals surface area contributed by atoms with Gasteiger partial charge in [-0.05, 0) is 30.7 Å². The molecule has 0 saturated carbocycles. The fraction of sp³-hybridized carbons (Fsp3) is 0.333. The Balaban J connectivity index is 2.65. The Morgan fingerprint density at radius 1 is 1.27 bits per heavy atom. The lowest BCUT2D eigenvalue weighted by Gasteiger charge is -2.04. The van der Waals surface area contributed by atoms with E-state index in [0.717, 1.165) is 11.8 Å². The van der Waals surface area contributed by atoms with E-state index in [9.17, 15) is 12.3 Å². The summed E-state index contributed by atoms with van der Waals surface area (Å²) in [6, 6.07) is 5.22. The monoisotopic (exact) mass is 296 g/mol. The van der Waals surface area contributed by atoms with Gasteiger partial charge in [0.15, 0.2) is 0 Å². The first kappa shape index (κ1) is 12.4. The Morgan fingerprint density at radius 2 is 1.87 bits per heavy atom. The molecule has 0 aromatic heterocycles. The third-order valence-electron chi connectivity index (χ3n) is 1.65. The maximum absolute atomic E-state index is 12.5. The van der Waals surface area contributed by atoms with Crippen LogP contribution in [0.1, 0.15) is 6.42 Å². The number of hydrogen-bond acceptors (Lipinski definition) is 3. The zero-order chi connectivity index (χ0) is 11.3. The topological polar surface area (TPSA) is 43.4 Å². The minimum absolute atomic E-state index is 0.352. The van der Waals surface area contributed by atoms with Gasteiger partial charge >= 0.3 is 10.2 Å². The van der Waals surface area contributed by atoms with Crippen LogP contribution in [-0.2, 0) is 10.2 Å². The van der Waals surface area contributed by atoms with Gasteiger partial charge in [-0.3, -0.25) is 0 Å². The predicted octanol–water partition coefficient (Wildman–Crippen LogP) is 2.51. The third kappa shape index (κ3) is 4.17. The van der Waals surface area contributed by atoms with Crippen LogP contribution < -0.4 is 4.74 Å². The van der Waals surface area contributed by atoms with E-state index in [1.165, 1.54) is 24.3 Å². The summed E-state index contributed by atoms with van der Waals surface area (Å²) in [5.41, 5.74) is 0. The molecule has 0 bridgehead atoms. The summed E-state index contributed by atoms with van der Waals surface area (Å²) in [4.78, 5) is -0.352. The van der Waals surface area contributed by atoms with Crippen LogP contribution in [0.5, 0.6) is 5.75 Å². The highest BCUT2D eigenvalue weighted by atomic mass is 79.9. The molecule has 0 radical (unpaired) electrons. The van der Waals surface area contributed by atoms with Gasteiger partial charge in [-0.2, -0.15) is 8.42 Å². The van der Waals surface area contributed by atoms with Crippen LogP contribution in [0.25, 0.3) is 0 Å². The summed E-state index contributed by atoms with van der Waals surface area (Å²) in [5.74, 6) is 0.531. The molecule has 0 spiro atoms. The fourth-order valence-corrected chi connectivity index (χ4v) is 1.63. The van der Waals surface area contributed by atoms with Crippen LogP contribution in [0, 0.1) is 0 Å². The first-order chi connectivity index (χ1) is 7.04. The average Bonchev–Trinajstić information content (AvgIpc) is 2.18. The summed E-state index contributed by atoms with van der Waals surface area (Å²) in [6.45, 7) is 0.535. The highest BCUT2D eigenvalue weighted by Crippen LogP contribution is 2.17. The van der Waals surface area contributed by atoms with Crippen molar-refractivity contribution >= 4 is 26.2 Å². The van der Waals surface area contributed by atoms with Crippen LogP contribution in [-0.4, -0.2) is 20.4 Å². The Labute approximate surface area is 96.6 Å². The molecule has 0 amide bonds. The molecule has 0 N–H and O–H groups in total. The molecule has 0 fully saturated rings. The van der Waals surface area contributed by atoms with E-state index in [-0.39, 0.29) is 4.90 Å². The first-order valence-corrected chi connectivity index (χ1v) is 6.78. The van der Waals surface area contributed by atoms with Crippen LogP contribution >= 0.6 is 15.9 Å². The van der Waals surface area contributed by atoms with Crippen molar-refractivity contribution in [2.24, 2.45) is 0 Å². The van der Waals surface area contributed by atoms with Crippen molar-refractivity contribution in [3.8, 4) is 5.75 Å². The predicted molar refractivity (Wildman–Crippen MR) is 58.6 cm³/mol. The number of alkyl halides is 1. The quantitative estimate of drug-likeness (QED) is 0.476. The maximum atomic E-state index is 12.5. The van der Waals surface area contributed by atoms with Crippen molar-refractivity contribution in [3.63, 3.8) is 0 Å². The number of hydrogen-bond donors (Lipinski definition) is 0. The molecule has 1 aromatic carbocycles. The average molecular weight is 297 g/mol. The van der Waals surface area contributed by atoms with Crippen molar-refractivity contribution in [1.29, 1.82) is 0 Å². The summed E-state index contributed by atoms with van der Waals surface area (Å²) in [5, 5.41) is 0.837. The van der Waals surface area contributed by atoms with E-state index in [1.54, 1.807) is 0 Å². The largest absolute Gasteiger partial charge is 0.494 e. The van der Waals surface area contributed by atoms with Crippen molar-refractivity contribution < 1.29 is 17.0 Å². The van der Waals surface area contributed by atoms with Gasteiger partial charge in [0, 0.05) is 5.33 Å². The lowest BCUT2D eigenvalue weighted by Crippen LogP contribution is -1.98. The zero-order valence-electron chi connectivity index (χ0n) is 7.82. The standard InChI is InChI=1S/C9H10BrFO3S/c10-6-1-7-14-8-2-4-9(5-3-8)15(11,12)13/h2-5H,1,6-7H2.